The van der Waals surface area contributed by atoms with E-state index in [-0.39, 0.29) is 6.10 Å². The SMILES string of the molecule is CCC(C#N)Oc1ccc(C)cc1CNCC(C)C. The molecule has 1 unspecified atom stereocenters. The lowest BCUT2D eigenvalue weighted by molar-refractivity contribution is 0.248. The van der Waals surface area contributed by atoms with Gasteiger partial charge >= 0.3 is 0 Å². The number of ether oxygens (including phenoxy) is 1. The van der Waals surface area contributed by atoms with E-state index in [4.69, 9.17) is 10.00 Å². The van der Waals surface area contributed by atoms with Crippen LogP contribution in [-0.2, 0) is 6.54 Å². The zero-order valence-electron chi connectivity index (χ0n) is 12.4. The molecule has 0 aromatic heterocycles. The summed E-state index contributed by atoms with van der Waals surface area (Å²) in [6, 6.07) is 8.27. The fourth-order valence-corrected chi connectivity index (χ4v) is 1.81. The van der Waals surface area contributed by atoms with Gasteiger partial charge in [-0.3, -0.25) is 0 Å². The van der Waals surface area contributed by atoms with Crippen molar-refractivity contribution < 1.29 is 4.74 Å². The molecule has 0 spiro atoms. The summed E-state index contributed by atoms with van der Waals surface area (Å²) in [5.74, 6) is 1.44. The predicted octanol–water partition coefficient (Wildman–Crippen LogP) is 3.42. The number of hydrogen-bond donors (Lipinski definition) is 1. The lowest BCUT2D eigenvalue weighted by Crippen LogP contribution is -2.20. The third-order valence-corrected chi connectivity index (χ3v) is 2.87. The van der Waals surface area contributed by atoms with Crippen LogP contribution in [0.1, 0.15) is 38.3 Å². The van der Waals surface area contributed by atoms with E-state index in [0.717, 1.165) is 24.4 Å². The smallest absolute Gasteiger partial charge is 0.184 e. The van der Waals surface area contributed by atoms with Crippen LogP contribution in [0.3, 0.4) is 0 Å². The number of nitrogens with zero attached hydrogens (tertiary/aromatic N) is 1. The van der Waals surface area contributed by atoms with E-state index in [2.05, 4.69) is 38.2 Å². The Morgan fingerprint density at radius 3 is 2.68 bits per heavy atom. The highest BCUT2D eigenvalue weighted by molar-refractivity contribution is 5.37. The predicted molar refractivity (Wildman–Crippen MR) is 78.0 cm³/mol. The molecule has 0 fully saturated rings. The summed E-state index contributed by atoms with van der Waals surface area (Å²) in [7, 11) is 0. The van der Waals surface area contributed by atoms with Gasteiger partial charge in [0.25, 0.3) is 0 Å². The molecular formula is C16H24N2O. The van der Waals surface area contributed by atoms with Crippen molar-refractivity contribution in [3.8, 4) is 11.8 Å². The van der Waals surface area contributed by atoms with Crippen molar-refractivity contribution in [2.75, 3.05) is 6.54 Å². The maximum Gasteiger partial charge on any atom is 0.184 e. The second-order valence-corrected chi connectivity index (χ2v) is 5.28. The second kappa shape index (κ2) is 7.81. The minimum Gasteiger partial charge on any atom is -0.475 e. The van der Waals surface area contributed by atoms with E-state index < -0.39 is 0 Å². The average molecular weight is 260 g/mol. The molecule has 0 saturated heterocycles. The van der Waals surface area contributed by atoms with Crippen LogP contribution >= 0.6 is 0 Å². The van der Waals surface area contributed by atoms with Gasteiger partial charge in [-0.15, -0.1) is 0 Å². The molecule has 0 heterocycles. The first-order chi connectivity index (χ1) is 9.06. The maximum absolute atomic E-state index is 8.99. The highest BCUT2D eigenvalue weighted by atomic mass is 16.5. The Hall–Kier alpha value is -1.53. The molecule has 0 amide bonds. The molecular weight excluding hydrogens is 236 g/mol. The Labute approximate surface area is 116 Å². The van der Waals surface area contributed by atoms with E-state index in [1.165, 1.54) is 5.56 Å². The molecule has 19 heavy (non-hydrogen) atoms. The van der Waals surface area contributed by atoms with Crippen LogP contribution in [0.2, 0.25) is 0 Å². The third-order valence-electron chi connectivity index (χ3n) is 2.87. The molecule has 1 N–H and O–H groups in total. The van der Waals surface area contributed by atoms with Crippen LogP contribution in [0.4, 0.5) is 0 Å². The summed E-state index contributed by atoms with van der Waals surface area (Å²) in [6.07, 6.45) is 0.329. The van der Waals surface area contributed by atoms with Gasteiger partial charge in [-0.05, 0) is 31.9 Å². The molecule has 1 rings (SSSR count). The summed E-state index contributed by atoms with van der Waals surface area (Å²) in [4.78, 5) is 0. The molecule has 0 saturated carbocycles. The van der Waals surface area contributed by atoms with Gasteiger partial charge in [-0.1, -0.05) is 38.5 Å². The van der Waals surface area contributed by atoms with Crippen molar-refractivity contribution in [1.29, 1.82) is 5.26 Å². The molecule has 1 atom stereocenters. The number of hydrogen-bond acceptors (Lipinski definition) is 3. The van der Waals surface area contributed by atoms with Crippen LogP contribution in [-0.4, -0.2) is 12.6 Å². The van der Waals surface area contributed by atoms with E-state index >= 15 is 0 Å². The first-order valence-corrected chi connectivity index (χ1v) is 6.93. The molecule has 3 nitrogen and oxygen atoms in total. The second-order valence-electron chi connectivity index (χ2n) is 5.28. The molecule has 1 aromatic rings. The maximum atomic E-state index is 8.99. The van der Waals surface area contributed by atoms with Gasteiger partial charge < -0.3 is 10.1 Å². The molecule has 104 valence electrons. The van der Waals surface area contributed by atoms with Crippen molar-refractivity contribution >= 4 is 0 Å². The van der Waals surface area contributed by atoms with Gasteiger partial charge in [-0.2, -0.15) is 5.26 Å². The Kier molecular flexibility index (Phi) is 6.38. The van der Waals surface area contributed by atoms with E-state index in [0.29, 0.717) is 12.3 Å². The van der Waals surface area contributed by atoms with Gasteiger partial charge in [0.05, 0.1) is 0 Å². The van der Waals surface area contributed by atoms with Crippen molar-refractivity contribution in [1.82, 2.24) is 5.32 Å². The fraction of sp³-hybridized carbons (Fsp3) is 0.562. The monoisotopic (exact) mass is 260 g/mol. The quantitative estimate of drug-likeness (QED) is 0.817. The van der Waals surface area contributed by atoms with Gasteiger partial charge in [0.1, 0.15) is 11.8 Å². The Morgan fingerprint density at radius 2 is 2.11 bits per heavy atom. The number of nitriles is 1. The van der Waals surface area contributed by atoms with Gasteiger partial charge in [0.2, 0.25) is 0 Å². The van der Waals surface area contributed by atoms with Gasteiger partial charge in [0, 0.05) is 12.1 Å². The molecule has 3 heteroatoms. The van der Waals surface area contributed by atoms with Crippen LogP contribution in [0.5, 0.6) is 5.75 Å². The van der Waals surface area contributed by atoms with Crippen molar-refractivity contribution in [3.63, 3.8) is 0 Å². The zero-order valence-corrected chi connectivity index (χ0v) is 12.4. The molecule has 0 bridgehead atoms. The Bertz CT molecular complexity index is 435. The molecule has 0 aliphatic rings. The first-order valence-electron chi connectivity index (χ1n) is 6.93. The fourth-order valence-electron chi connectivity index (χ4n) is 1.81. The minimum atomic E-state index is -0.369. The highest BCUT2D eigenvalue weighted by Crippen LogP contribution is 2.22. The standard InChI is InChI=1S/C16H24N2O/c1-5-15(9-17)19-16-7-6-13(4)8-14(16)11-18-10-12(2)3/h6-8,12,15,18H,5,10-11H2,1-4H3. The molecule has 0 radical (unpaired) electrons. The third kappa shape index (κ3) is 5.32. The molecule has 0 aliphatic carbocycles. The van der Waals surface area contributed by atoms with E-state index in [1.807, 2.05) is 19.1 Å². The number of aryl methyl sites for hydroxylation is 1. The van der Waals surface area contributed by atoms with E-state index in [1.54, 1.807) is 0 Å². The van der Waals surface area contributed by atoms with Crippen molar-refractivity contribution in [3.05, 3.63) is 29.3 Å². The largest absolute Gasteiger partial charge is 0.475 e. The zero-order chi connectivity index (χ0) is 14.3. The van der Waals surface area contributed by atoms with Crippen molar-refractivity contribution in [2.24, 2.45) is 5.92 Å². The lowest BCUT2D eigenvalue weighted by atomic mass is 10.1. The number of rotatable bonds is 7. The van der Waals surface area contributed by atoms with Crippen molar-refractivity contribution in [2.45, 2.75) is 46.8 Å². The highest BCUT2D eigenvalue weighted by Gasteiger charge is 2.10. The lowest BCUT2D eigenvalue weighted by Gasteiger charge is -2.16. The van der Waals surface area contributed by atoms with Gasteiger partial charge in [0.15, 0.2) is 6.10 Å². The number of nitrogens with one attached hydrogen (secondary N) is 1. The normalized spacial score (nSPS) is 12.2. The summed E-state index contributed by atoms with van der Waals surface area (Å²) in [6.45, 7) is 10.1. The Morgan fingerprint density at radius 1 is 1.37 bits per heavy atom. The summed E-state index contributed by atoms with van der Waals surface area (Å²) >= 11 is 0. The molecule has 0 aliphatic heterocycles. The summed E-state index contributed by atoms with van der Waals surface area (Å²) in [5, 5.41) is 12.4. The summed E-state index contributed by atoms with van der Waals surface area (Å²) in [5.41, 5.74) is 2.33. The number of benzene rings is 1. The Balaban J connectivity index is 2.76. The summed E-state index contributed by atoms with van der Waals surface area (Å²) < 4.78 is 5.76. The molecule has 1 aromatic carbocycles. The van der Waals surface area contributed by atoms with E-state index in [9.17, 15) is 0 Å². The van der Waals surface area contributed by atoms with Crippen LogP contribution in [0.15, 0.2) is 18.2 Å². The first kappa shape index (κ1) is 15.5. The van der Waals surface area contributed by atoms with Crippen LogP contribution in [0.25, 0.3) is 0 Å². The average Bonchev–Trinajstić information content (AvgIpc) is 2.37. The minimum absolute atomic E-state index is 0.369. The van der Waals surface area contributed by atoms with Crippen LogP contribution < -0.4 is 10.1 Å². The van der Waals surface area contributed by atoms with Crippen LogP contribution in [0, 0.1) is 24.2 Å². The topological polar surface area (TPSA) is 45.0 Å². The van der Waals surface area contributed by atoms with Gasteiger partial charge in [-0.25, -0.2) is 0 Å².